The van der Waals surface area contributed by atoms with Crippen LogP contribution in [0.1, 0.15) is 34.8 Å². The lowest BCUT2D eigenvalue weighted by atomic mass is 9.81. The molecule has 218 valence electrons. The summed E-state index contributed by atoms with van der Waals surface area (Å²) in [6, 6.07) is 14.2. The van der Waals surface area contributed by atoms with E-state index in [1.807, 2.05) is 19.1 Å². The van der Waals surface area contributed by atoms with E-state index in [2.05, 4.69) is 15.6 Å². The second kappa shape index (κ2) is 12.7. The Hall–Kier alpha value is -4.32. The van der Waals surface area contributed by atoms with E-state index >= 15 is 4.39 Å². The molecule has 3 aromatic carbocycles. The second-order valence-electron chi connectivity index (χ2n) is 9.99. The van der Waals surface area contributed by atoms with Crippen LogP contribution in [0.3, 0.4) is 0 Å². The molecule has 5 rings (SSSR count). The first-order valence-corrected chi connectivity index (χ1v) is 14.2. The third-order valence-corrected chi connectivity index (χ3v) is 7.71. The fourth-order valence-electron chi connectivity index (χ4n) is 4.96. The number of ether oxygens (including phenoxy) is 3. The zero-order valence-corrected chi connectivity index (χ0v) is 23.9. The molecule has 0 spiro atoms. The van der Waals surface area contributed by atoms with E-state index < -0.39 is 17.3 Å². The molecule has 0 saturated heterocycles. The summed E-state index contributed by atoms with van der Waals surface area (Å²) in [5, 5.41) is 17.8. The topological polar surface area (TPSA) is 119 Å². The lowest BCUT2D eigenvalue weighted by Gasteiger charge is -2.37. The summed E-state index contributed by atoms with van der Waals surface area (Å²) in [7, 11) is 1.58. The number of nitrogens with one attached hydrogen (secondary N) is 2. The van der Waals surface area contributed by atoms with Gasteiger partial charge in [0.1, 0.15) is 18.2 Å². The maximum absolute atomic E-state index is 15.2. The van der Waals surface area contributed by atoms with Crippen LogP contribution in [0.5, 0.6) is 17.2 Å². The number of carbonyl (C=O) groups is 2. The van der Waals surface area contributed by atoms with Gasteiger partial charge in [0, 0.05) is 48.8 Å². The molecule has 0 bridgehead atoms. The van der Waals surface area contributed by atoms with Crippen molar-refractivity contribution in [1.29, 1.82) is 0 Å². The van der Waals surface area contributed by atoms with Gasteiger partial charge < -0.3 is 30.0 Å². The minimum Gasteiger partial charge on any atom is -0.487 e. The number of hydrogen-bond acceptors (Lipinski definition) is 8. The van der Waals surface area contributed by atoms with Crippen LogP contribution < -0.4 is 20.1 Å². The highest BCUT2D eigenvalue weighted by Gasteiger charge is 2.35. The summed E-state index contributed by atoms with van der Waals surface area (Å²) in [5.74, 6) is -0.646. The molecule has 1 amide bonds. The number of amides is 1. The maximum Gasteiger partial charge on any atom is 0.335 e. The first-order valence-electron chi connectivity index (χ1n) is 13.3. The van der Waals surface area contributed by atoms with Crippen molar-refractivity contribution in [3.05, 3.63) is 88.7 Å². The van der Waals surface area contributed by atoms with Crippen LogP contribution >= 0.6 is 11.3 Å². The zero-order chi connectivity index (χ0) is 29.7. The molecule has 1 aliphatic heterocycles. The number of benzene rings is 3. The molecule has 9 nitrogen and oxygen atoms in total. The largest absolute Gasteiger partial charge is 0.487 e. The number of hydrogen-bond donors (Lipinski definition) is 3. The number of fused-ring (bicyclic) bond motifs is 1. The third-order valence-electron chi connectivity index (χ3n) is 7.02. The smallest absolute Gasteiger partial charge is 0.335 e. The zero-order valence-electron chi connectivity index (χ0n) is 23.1. The fourth-order valence-corrected chi connectivity index (χ4v) is 5.50. The van der Waals surface area contributed by atoms with Gasteiger partial charge in [-0.3, -0.25) is 4.79 Å². The quantitative estimate of drug-likeness (QED) is 0.186. The number of nitrogens with zero attached hydrogens (tertiary/aromatic N) is 1. The van der Waals surface area contributed by atoms with E-state index in [4.69, 9.17) is 19.3 Å². The van der Waals surface area contributed by atoms with Crippen LogP contribution in [0.4, 0.5) is 9.52 Å². The van der Waals surface area contributed by atoms with Gasteiger partial charge in [-0.05, 0) is 66.4 Å². The number of methoxy groups -OCH3 is 1. The first-order chi connectivity index (χ1) is 20.3. The molecule has 4 aromatic rings. The predicted molar refractivity (Wildman–Crippen MR) is 157 cm³/mol. The number of aromatic carboxylic acids is 1. The Morgan fingerprint density at radius 2 is 1.93 bits per heavy atom. The number of rotatable bonds is 11. The lowest BCUT2D eigenvalue weighted by Crippen LogP contribution is -2.47. The van der Waals surface area contributed by atoms with Crippen LogP contribution in [-0.4, -0.2) is 48.8 Å². The van der Waals surface area contributed by atoms with Gasteiger partial charge in [-0.2, -0.15) is 0 Å². The van der Waals surface area contributed by atoms with Gasteiger partial charge >= 0.3 is 5.97 Å². The third kappa shape index (κ3) is 6.59. The molecule has 0 saturated carbocycles. The highest BCUT2D eigenvalue weighted by Crippen LogP contribution is 2.41. The van der Waals surface area contributed by atoms with Crippen molar-refractivity contribution in [3.8, 4) is 28.4 Å². The van der Waals surface area contributed by atoms with Crippen molar-refractivity contribution in [2.75, 3.05) is 32.2 Å². The molecule has 1 aromatic heterocycles. The van der Waals surface area contributed by atoms with E-state index in [1.54, 1.807) is 43.0 Å². The van der Waals surface area contributed by atoms with Gasteiger partial charge in [0.15, 0.2) is 16.6 Å². The average molecular weight is 592 g/mol. The van der Waals surface area contributed by atoms with Gasteiger partial charge in [0.2, 0.25) is 5.91 Å². The summed E-state index contributed by atoms with van der Waals surface area (Å²) in [4.78, 5) is 28.2. The number of thiazole rings is 1. The number of carboxylic acids is 1. The van der Waals surface area contributed by atoms with E-state index in [9.17, 15) is 9.59 Å². The van der Waals surface area contributed by atoms with Gasteiger partial charge in [-0.25, -0.2) is 14.2 Å². The molecule has 1 aliphatic rings. The minimum atomic E-state index is -1.05. The summed E-state index contributed by atoms with van der Waals surface area (Å²) < 4.78 is 32.6. The van der Waals surface area contributed by atoms with Crippen LogP contribution in [-0.2, 0) is 21.5 Å². The molecular formula is C31H30FN3O6S. The van der Waals surface area contributed by atoms with E-state index in [0.717, 1.165) is 17.5 Å². The minimum absolute atomic E-state index is 0.120. The molecule has 0 fully saturated rings. The van der Waals surface area contributed by atoms with Gasteiger partial charge in [-0.1, -0.05) is 12.1 Å². The van der Waals surface area contributed by atoms with Crippen molar-refractivity contribution in [2.45, 2.75) is 25.3 Å². The molecule has 3 N–H and O–H groups in total. The normalized spacial score (nSPS) is 16.0. The Balaban J connectivity index is 1.44. The Kier molecular flexibility index (Phi) is 8.81. The van der Waals surface area contributed by atoms with Crippen LogP contribution in [0.15, 0.2) is 66.2 Å². The van der Waals surface area contributed by atoms with Crippen molar-refractivity contribution in [2.24, 2.45) is 0 Å². The first kappa shape index (κ1) is 29.2. The Morgan fingerprint density at radius 1 is 1.12 bits per heavy atom. The van der Waals surface area contributed by atoms with Crippen molar-refractivity contribution in [1.82, 2.24) is 10.3 Å². The fraction of sp³-hybridized carbons (Fsp3) is 0.258. The number of carboxylic acid groups (broad SMARTS) is 1. The van der Waals surface area contributed by atoms with E-state index in [1.165, 1.54) is 29.5 Å². The predicted octanol–water partition coefficient (Wildman–Crippen LogP) is 5.85. The van der Waals surface area contributed by atoms with Gasteiger partial charge in [0.05, 0.1) is 12.2 Å². The van der Waals surface area contributed by atoms with Gasteiger partial charge in [0.25, 0.3) is 0 Å². The molecule has 0 radical (unpaired) electrons. The molecule has 42 heavy (non-hydrogen) atoms. The van der Waals surface area contributed by atoms with Crippen LogP contribution in [0.2, 0.25) is 0 Å². The molecule has 0 aliphatic carbocycles. The van der Waals surface area contributed by atoms with Crippen molar-refractivity contribution >= 4 is 28.3 Å². The molecule has 2 heterocycles. The number of carbonyl (C=O) groups excluding carboxylic acids is 1. The summed E-state index contributed by atoms with van der Waals surface area (Å²) >= 11 is 1.35. The Bertz CT molecular complexity index is 1580. The van der Waals surface area contributed by atoms with Crippen molar-refractivity contribution in [3.63, 3.8) is 0 Å². The lowest BCUT2D eigenvalue weighted by molar-refractivity contribution is -0.117. The van der Waals surface area contributed by atoms with E-state index in [0.29, 0.717) is 40.9 Å². The maximum atomic E-state index is 15.2. The monoisotopic (exact) mass is 591 g/mol. The molecule has 1 atom stereocenters. The summed E-state index contributed by atoms with van der Waals surface area (Å²) in [6.45, 7) is 3.30. The summed E-state index contributed by atoms with van der Waals surface area (Å²) in [6.07, 6.45) is 2.52. The second-order valence-corrected chi connectivity index (χ2v) is 10.9. The number of anilines is 1. The number of aromatic nitrogens is 1. The van der Waals surface area contributed by atoms with Crippen molar-refractivity contribution < 1.29 is 33.3 Å². The highest BCUT2D eigenvalue weighted by atomic mass is 32.1. The SMILES string of the molecule is COCCOc1cc2c(cc1Oc1ccc(-c3ccc(C(=O)O)cc3)c(F)c1)C(C)(CC(=O)Nc1nccs1)NCC2. The average Bonchev–Trinajstić information content (AvgIpc) is 3.47. The highest BCUT2D eigenvalue weighted by molar-refractivity contribution is 7.13. The summed E-state index contributed by atoms with van der Waals surface area (Å²) in [5.41, 5.74) is 2.17. The van der Waals surface area contributed by atoms with Crippen LogP contribution in [0.25, 0.3) is 11.1 Å². The number of halogens is 1. The standard InChI is InChI=1S/C31H30FN3O6S/c1-31(18-28(36)35-30-33-11-14-42-30)24-17-27(26(40-13-12-39-2)15-21(24)9-10-34-31)41-22-7-8-23(25(32)16-22)19-3-5-20(6-4-19)29(37)38/h3-8,11,14-17,34H,9-10,12-13,18H2,1-2H3,(H,37,38)(H,33,35,36). The molecule has 11 heteroatoms. The molecule has 1 unspecified atom stereocenters. The molecular weight excluding hydrogens is 561 g/mol. The Morgan fingerprint density at radius 3 is 2.62 bits per heavy atom. The van der Waals surface area contributed by atoms with Gasteiger partial charge in [-0.15, -0.1) is 11.3 Å². The van der Waals surface area contributed by atoms with E-state index in [-0.39, 0.29) is 30.2 Å². The Labute approximate surface area is 246 Å². The van der Waals surface area contributed by atoms with Crippen LogP contribution in [0, 0.1) is 5.82 Å².